The average Bonchev–Trinajstić information content (AvgIpc) is 2.75. The lowest BCUT2D eigenvalue weighted by Gasteiger charge is -2.12. The van der Waals surface area contributed by atoms with Gasteiger partial charge in [0.1, 0.15) is 5.69 Å². The van der Waals surface area contributed by atoms with Gasteiger partial charge in [0.2, 0.25) is 0 Å². The molecule has 0 saturated carbocycles. The lowest BCUT2D eigenvalue weighted by Crippen LogP contribution is -2.36. The van der Waals surface area contributed by atoms with E-state index in [1.54, 1.807) is 12.3 Å². The van der Waals surface area contributed by atoms with Crippen molar-refractivity contribution in [2.24, 2.45) is 0 Å². The number of nitrogens with zero attached hydrogens (tertiary/aromatic N) is 2. The Kier molecular flexibility index (Phi) is 3.58. The molecule has 1 aliphatic rings. The maximum Gasteiger partial charge on any atom is 0.270 e. The van der Waals surface area contributed by atoms with Gasteiger partial charge in [0.05, 0.1) is 11.9 Å². The van der Waals surface area contributed by atoms with Crippen molar-refractivity contribution in [3.8, 4) is 0 Å². The van der Waals surface area contributed by atoms with Crippen LogP contribution in [-0.2, 0) is 0 Å². The minimum atomic E-state index is -0.0899. The summed E-state index contributed by atoms with van der Waals surface area (Å²) in [6.45, 7) is 1.96. The van der Waals surface area contributed by atoms with Crippen LogP contribution < -0.4 is 10.6 Å². The van der Waals surface area contributed by atoms with E-state index in [1.807, 2.05) is 13.1 Å². The van der Waals surface area contributed by atoms with Crippen molar-refractivity contribution in [2.45, 2.75) is 12.5 Å². The Morgan fingerprint density at radius 3 is 2.88 bits per heavy atom. The largest absolute Gasteiger partial charge is 0.387 e. The Hall–Kier alpha value is -1.62. The first-order chi connectivity index (χ1) is 8.19. The van der Waals surface area contributed by atoms with Gasteiger partial charge in [-0.2, -0.15) is 0 Å². The molecule has 1 amide bonds. The van der Waals surface area contributed by atoms with Crippen molar-refractivity contribution in [3.05, 3.63) is 24.0 Å². The standard InChI is InChI=1S/C12H18N4O/c1-13-9-3-4-11(14-7-9)12(17)15-10-5-6-16(2)8-10/h3-4,7,10,13H,5-6,8H2,1-2H3,(H,15,17). The molecule has 0 bridgehead atoms. The van der Waals surface area contributed by atoms with Gasteiger partial charge >= 0.3 is 0 Å². The molecule has 0 aromatic carbocycles. The number of nitrogens with one attached hydrogen (secondary N) is 2. The SMILES string of the molecule is CNc1ccc(C(=O)NC2CCN(C)C2)nc1. The van der Waals surface area contributed by atoms with Crippen LogP contribution in [0.3, 0.4) is 0 Å². The highest BCUT2D eigenvalue weighted by Gasteiger charge is 2.21. The molecule has 1 atom stereocenters. The number of amides is 1. The number of likely N-dealkylation sites (N-methyl/N-ethyl adjacent to an activating group) is 1. The predicted octanol–water partition coefficient (Wildman–Crippen LogP) is 0.557. The Morgan fingerprint density at radius 1 is 1.53 bits per heavy atom. The normalized spacial score (nSPS) is 20.2. The fraction of sp³-hybridized carbons (Fsp3) is 0.500. The third-order valence-corrected chi connectivity index (χ3v) is 3.01. The summed E-state index contributed by atoms with van der Waals surface area (Å²) in [7, 11) is 3.89. The van der Waals surface area contributed by atoms with E-state index in [1.165, 1.54) is 0 Å². The van der Waals surface area contributed by atoms with Gasteiger partial charge < -0.3 is 15.5 Å². The molecule has 17 heavy (non-hydrogen) atoms. The molecule has 1 aromatic rings. The molecule has 2 heterocycles. The van der Waals surface area contributed by atoms with Gasteiger partial charge in [-0.1, -0.05) is 0 Å². The molecule has 0 aliphatic carbocycles. The number of pyridine rings is 1. The third kappa shape index (κ3) is 2.94. The third-order valence-electron chi connectivity index (χ3n) is 3.01. The molecular weight excluding hydrogens is 216 g/mol. The summed E-state index contributed by atoms with van der Waals surface area (Å²) in [5.41, 5.74) is 1.38. The number of aromatic nitrogens is 1. The molecule has 2 rings (SSSR count). The first kappa shape index (κ1) is 11.9. The van der Waals surface area contributed by atoms with Crippen LogP contribution in [0.25, 0.3) is 0 Å². The summed E-state index contributed by atoms with van der Waals surface area (Å²) in [5, 5.41) is 5.97. The molecule has 1 aliphatic heterocycles. The number of hydrogen-bond donors (Lipinski definition) is 2. The summed E-state index contributed by atoms with van der Waals surface area (Å²) in [6, 6.07) is 3.83. The minimum Gasteiger partial charge on any atom is -0.387 e. The zero-order valence-corrected chi connectivity index (χ0v) is 10.2. The van der Waals surface area contributed by atoms with Crippen LogP contribution in [0.4, 0.5) is 5.69 Å². The van der Waals surface area contributed by atoms with Crippen LogP contribution in [0.5, 0.6) is 0 Å². The van der Waals surface area contributed by atoms with Gasteiger partial charge in [-0.3, -0.25) is 4.79 Å². The van der Waals surface area contributed by atoms with E-state index in [-0.39, 0.29) is 11.9 Å². The summed E-state index contributed by atoms with van der Waals surface area (Å²) in [5.74, 6) is -0.0899. The van der Waals surface area contributed by atoms with Crippen molar-refractivity contribution in [2.75, 3.05) is 32.5 Å². The quantitative estimate of drug-likeness (QED) is 0.802. The molecule has 1 unspecified atom stereocenters. The fourth-order valence-electron chi connectivity index (χ4n) is 1.99. The number of anilines is 1. The van der Waals surface area contributed by atoms with Crippen LogP contribution >= 0.6 is 0 Å². The highest BCUT2D eigenvalue weighted by Crippen LogP contribution is 2.08. The van der Waals surface area contributed by atoms with Gasteiger partial charge in [0, 0.05) is 19.6 Å². The highest BCUT2D eigenvalue weighted by molar-refractivity contribution is 5.92. The average molecular weight is 234 g/mol. The van der Waals surface area contributed by atoms with Crippen molar-refractivity contribution in [1.29, 1.82) is 0 Å². The van der Waals surface area contributed by atoms with E-state index in [2.05, 4.69) is 27.6 Å². The molecule has 1 fully saturated rings. The Labute approximate surface area is 101 Å². The second kappa shape index (κ2) is 5.14. The number of rotatable bonds is 3. The lowest BCUT2D eigenvalue weighted by atomic mass is 10.2. The van der Waals surface area contributed by atoms with Crippen LogP contribution in [0, 0.1) is 0 Å². The van der Waals surface area contributed by atoms with Gasteiger partial charge in [0.15, 0.2) is 0 Å². The molecule has 1 saturated heterocycles. The molecule has 5 heteroatoms. The molecule has 1 aromatic heterocycles. The van der Waals surface area contributed by atoms with Crippen LogP contribution in [-0.4, -0.2) is 49.0 Å². The summed E-state index contributed by atoms with van der Waals surface area (Å²) >= 11 is 0. The number of carbonyl (C=O) groups is 1. The van der Waals surface area contributed by atoms with Gasteiger partial charge in [-0.05, 0) is 32.1 Å². The topological polar surface area (TPSA) is 57.3 Å². The second-order valence-corrected chi connectivity index (χ2v) is 4.40. The maximum atomic E-state index is 11.9. The van der Waals surface area contributed by atoms with E-state index in [9.17, 15) is 4.79 Å². The molecule has 0 spiro atoms. The molecular formula is C12H18N4O. The Balaban J connectivity index is 1.94. The Bertz CT molecular complexity index is 390. The van der Waals surface area contributed by atoms with Gasteiger partial charge in [-0.25, -0.2) is 4.98 Å². The number of carbonyl (C=O) groups excluding carboxylic acids is 1. The van der Waals surface area contributed by atoms with Crippen LogP contribution in [0.1, 0.15) is 16.9 Å². The molecule has 92 valence electrons. The van der Waals surface area contributed by atoms with Crippen molar-refractivity contribution in [3.63, 3.8) is 0 Å². The van der Waals surface area contributed by atoms with E-state index in [4.69, 9.17) is 0 Å². The van der Waals surface area contributed by atoms with E-state index < -0.39 is 0 Å². The molecule has 5 nitrogen and oxygen atoms in total. The summed E-state index contributed by atoms with van der Waals surface area (Å²) in [4.78, 5) is 18.2. The highest BCUT2D eigenvalue weighted by atomic mass is 16.1. The summed E-state index contributed by atoms with van der Waals surface area (Å²) in [6.07, 6.45) is 2.67. The monoisotopic (exact) mass is 234 g/mol. The van der Waals surface area contributed by atoms with E-state index >= 15 is 0 Å². The van der Waals surface area contributed by atoms with Crippen molar-refractivity contribution >= 4 is 11.6 Å². The van der Waals surface area contributed by atoms with Crippen LogP contribution in [0.15, 0.2) is 18.3 Å². The first-order valence-corrected chi connectivity index (χ1v) is 5.82. The van der Waals surface area contributed by atoms with Gasteiger partial charge in [-0.15, -0.1) is 0 Å². The van der Waals surface area contributed by atoms with E-state index in [0.717, 1.165) is 25.2 Å². The minimum absolute atomic E-state index is 0.0899. The number of likely N-dealkylation sites (tertiary alicyclic amines) is 1. The maximum absolute atomic E-state index is 11.9. The first-order valence-electron chi connectivity index (χ1n) is 5.82. The van der Waals surface area contributed by atoms with Crippen LogP contribution in [0.2, 0.25) is 0 Å². The lowest BCUT2D eigenvalue weighted by molar-refractivity contribution is 0.0933. The zero-order valence-electron chi connectivity index (χ0n) is 10.2. The second-order valence-electron chi connectivity index (χ2n) is 4.40. The molecule has 0 radical (unpaired) electrons. The van der Waals surface area contributed by atoms with Crippen molar-refractivity contribution < 1.29 is 4.79 Å². The Morgan fingerprint density at radius 2 is 2.35 bits per heavy atom. The van der Waals surface area contributed by atoms with Crippen molar-refractivity contribution in [1.82, 2.24) is 15.2 Å². The fourth-order valence-corrected chi connectivity index (χ4v) is 1.99. The molecule has 2 N–H and O–H groups in total. The zero-order chi connectivity index (χ0) is 12.3. The van der Waals surface area contributed by atoms with Gasteiger partial charge in [0.25, 0.3) is 5.91 Å². The number of hydrogen-bond acceptors (Lipinski definition) is 4. The summed E-state index contributed by atoms with van der Waals surface area (Å²) < 4.78 is 0. The predicted molar refractivity (Wildman–Crippen MR) is 67.2 cm³/mol. The smallest absolute Gasteiger partial charge is 0.270 e. The van der Waals surface area contributed by atoms with E-state index in [0.29, 0.717) is 5.69 Å².